The average molecular weight is 433 g/mol. The lowest BCUT2D eigenvalue weighted by Gasteiger charge is -2.43. The smallest absolute Gasteiger partial charge is 0.254 e. The van der Waals surface area contributed by atoms with Crippen LogP contribution in [0.2, 0.25) is 0 Å². The number of piperazine rings is 1. The van der Waals surface area contributed by atoms with Crippen molar-refractivity contribution < 1.29 is 9.59 Å². The van der Waals surface area contributed by atoms with E-state index >= 15 is 0 Å². The third-order valence-corrected chi connectivity index (χ3v) is 7.19. The number of hydrogen-bond donors (Lipinski definition) is 0. The molecule has 0 N–H and O–H groups in total. The number of anilines is 1. The van der Waals surface area contributed by atoms with E-state index in [2.05, 4.69) is 9.88 Å². The lowest BCUT2D eigenvalue weighted by molar-refractivity contribution is -0.134. The largest absolute Gasteiger partial charge is 0.353 e. The van der Waals surface area contributed by atoms with Crippen molar-refractivity contribution in [1.29, 1.82) is 0 Å². The second kappa shape index (κ2) is 8.15. The van der Waals surface area contributed by atoms with Gasteiger partial charge in [0.05, 0.1) is 12.0 Å². The van der Waals surface area contributed by atoms with E-state index < -0.39 is 5.92 Å². The summed E-state index contributed by atoms with van der Waals surface area (Å²) in [4.78, 5) is 38.3. The van der Waals surface area contributed by atoms with E-state index in [-0.39, 0.29) is 17.9 Å². The molecule has 0 radical (unpaired) electrons. The normalized spacial score (nSPS) is 21.2. The minimum absolute atomic E-state index is 0.0296. The van der Waals surface area contributed by atoms with Crippen LogP contribution in [0.1, 0.15) is 32.8 Å². The molecule has 2 aliphatic heterocycles. The summed E-state index contributed by atoms with van der Waals surface area (Å²) in [7, 11) is 1.81. The number of rotatable bonds is 3. The van der Waals surface area contributed by atoms with E-state index in [0.717, 1.165) is 29.3 Å². The number of carbonyl (C=O) groups excluding carboxylic acids is 2. The van der Waals surface area contributed by atoms with E-state index in [1.165, 1.54) is 0 Å². The van der Waals surface area contributed by atoms with Crippen molar-refractivity contribution in [3.8, 4) is 0 Å². The molecule has 3 aromatic rings. The quantitative estimate of drug-likeness (QED) is 0.637. The van der Waals surface area contributed by atoms with Crippen molar-refractivity contribution in [3.63, 3.8) is 0 Å². The van der Waals surface area contributed by atoms with Crippen molar-refractivity contribution in [3.05, 3.63) is 82.2 Å². The van der Waals surface area contributed by atoms with Crippen molar-refractivity contribution >= 4 is 29.0 Å². The van der Waals surface area contributed by atoms with Crippen molar-refractivity contribution in [2.45, 2.75) is 12.0 Å². The Kier molecular flexibility index (Phi) is 5.19. The van der Waals surface area contributed by atoms with Gasteiger partial charge in [0.1, 0.15) is 5.82 Å². The SMILES string of the molecule is CN1C(=O)c2ccccc2[C@@H](C(=O)N2CCN(c3ccccn3)CC2)[C@@H]1c1cccs1. The molecule has 6 nitrogen and oxygen atoms in total. The number of hydrogen-bond acceptors (Lipinski definition) is 5. The van der Waals surface area contributed by atoms with Crippen LogP contribution in [-0.2, 0) is 4.79 Å². The predicted octanol–water partition coefficient (Wildman–Crippen LogP) is 3.40. The van der Waals surface area contributed by atoms with E-state index in [1.54, 1.807) is 22.4 Å². The zero-order chi connectivity index (χ0) is 21.4. The minimum atomic E-state index is -0.404. The molecular formula is C24H24N4O2S. The Morgan fingerprint density at radius 1 is 1.00 bits per heavy atom. The van der Waals surface area contributed by atoms with Crippen LogP contribution in [-0.4, -0.2) is 59.8 Å². The summed E-state index contributed by atoms with van der Waals surface area (Å²) < 4.78 is 0. The maximum Gasteiger partial charge on any atom is 0.254 e. The summed E-state index contributed by atoms with van der Waals surface area (Å²) in [6.07, 6.45) is 1.80. The molecule has 158 valence electrons. The highest BCUT2D eigenvalue weighted by Crippen LogP contribution is 2.44. The van der Waals surface area contributed by atoms with Crippen molar-refractivity contribution in [2.24, 2.45) is 0 Å². The lowest BCUT2D eigenvalue weighted by atomic mass is 9.81. The fourth-order valence-electron chi connectivity index (χ4n) is 4.65. The van der Waals surface area contributed by atoms with Gasteiger partial charge in [-0.25, -0.2) is 4.98 Å². The molecule has 0 bridgehead atoms. The number of amides is 2. The van der Waals surface area contributed by atoms with E-state index in [1.807, 2.05) is 71.9 Å². The van der Waals surface area contributed by atoms with E-state index in [4.69, 9.17) is 0 Å². The van der Waals surface area contributed by atoms with Gasteiger partial charge >= 0.3 is 0 Å². The molecule has 0 spiro atoms. The second-order valence-corrected chi connectivity index (χ2v) is 8.92. The molecule has 0 saturated carbocycles. The highest BCUT2D eigenvalue weighted by Gasteiger charge is 2.44. The summed E-state index contributed by atoms with van der Waals surface area (Å²) in [5, 5.41) is 2.00. The average Bonchev–Trinajstić information content (AvgIpc) is 3.36. The number of pyridine rings is 1. The van der Waals surface area contributed by atoms with Crippen LogP contribution >= 0.6 is 11.3 Å². The first-order valence-electron chi connectivity index (χ1n) is 10.5. The van der Waals surface area contributed by atoms with Gasteiger partial charge < -0.3 is 14.7 Å². The molecule has 7 heteroatoms. The number of fused-ring (bicyclic) bond motifs is 1. The predicted molar refractivity (Wildman–Crippen MR) is 121 cm³/mol. The van der Waals surface area contributed by atoms with Gasteiger partial charge in [-0.15, -0.1) is 11.3 Å². The fraction of sp³-hybridized carbons (Fsp3) is 0.292. The number of carbonyl (C=O) groups is 2. The maximum atomic E-state index is 13.9. The number of nitrogens with zero attached hydrogens (tertiary/aromatic N) is 4. The van der Waals surface area contributed by atoms with Crippen molar-refractivity contribution in [1.82, 2.24) is 14.8 Å². The number of benzene rings is 1. The van der Waals surface area contributed by atoms with Gasteiger partial charge in [0.15, 0.2) is 0 Å². The summed E-state index contributed by atoms with van der Waals surface area (Å²) in [6, 6.07) is 17.2. The van der Waals surface area contributed by atoms with Crippen LogP contribution < -0.4 is 4.90 Å². The summed E-state index contributed by atoms with van der Waals surface area (Å²) in [6.45, 7) is 2.77. The molecule has 2 amide bonds. The molecule has 1 fully saturated rings. The van der Waals surface area contributed by atoms with Crippen LogP contribution in [0.3, 0.4) is 0 Å². The highest BCUT2D eigenvalue weighted by atomic mass is 32.1. The molecule has 5 rings (SSSR count). The Morgan fingerprint density at radius 2 is 1.77 bits per heavy atom. The van der Waals surface area contributed by atoms with Crippen LogP contribution in [0.25, 0.3) is 0 Å². The summed E-state index contributed by atoms with van der Waals surface area (Å²) >= 11 is 1.59. The molecule has 1 saturated heterocycles. The number of thiophene rings is 1. The molecule has 2 atom stereocenters. The fourth-order valence-corrected chi connectivity index (χ4v) is 5.55. The molecule has 2 aromatic heterocycles. The first-order valence-corrected chi connectivity index (χ1v) is 11.4. The Hall–Kier alpha value is -3.19. The first-order chi connectivity index (χ1) is 15.1. The van der Waals surface area contributed by atoms with Crippen LogP contribution in [0.4, 0.5) is 5.82 Å². The molecule has 0 unspecified atom stereocenters. The molecule has 2 aliphatic rings. The third kappa shape index (κ3) is 3.49. The van der Waals surface area contributed by atoms with Crippen LogP contribution in [0, 0.1) is 0 Å². The van der Waals surface area contributed by atoms with Gasteiger partial charge in [-0.05, 0) is 35.2 Å². The Morgan fingerprint density at radius 3 is 2.48 bits per heavy atom. The Labute approximate surface area is 185 Å². The molecule has 1 aromatic carbocycles. The zero-order valence-corrected chi connectivity index (χ0v) is 18.2. The van der Waals surface area contributed by atoms with Gasteiger partial charge in [0, 0.05) is 49.9 Å². The lowest BCUT2D eigenvalue weighted by Crippen LogP contribution is -2.53. The van der Waals surface area contributed by atoms with Gasteiger partial charge in [-0.1, -0.05) is 30.3 Å². The third-order valence-electron chi connectivity index (χ3n) is 6.24. The first kappa shape index (κ1) is 19.8. The molecular weight excluding hydrogens is 408 g/mol. The number of likely N-dealkylation sites (N-methyl/N-ethyl adjacent to an activating group) is 1. The summed E-state index contributed by atoms with van der Waals surface area (Å²) in [5.74, 6) is 0.599. The van der Waals surface area contributed by atoms with Crippen molar-refractivity contribution in [2.75, 3.05) is 38.1 Å². The summed E-state index contributed by atoms with van der Waals surface area (Å²) in [5.41, 5.74) is 1.46. The minimum Gasteiger partial charge on any atom is -0.353 e. The molecule has 4 heterocycles. The number of aromatic nitrogens is 1. The maximum absolute atomic E-state index is 13.9. The van der Waals surface area contributed by atoms with E-state index in [0.29, 0.717) is 18.7 Å². The highest BCUT2D eigenvalue weighted by molar-refractivity contribution is 7.10. The standard InChI is InChI=1S/C24H24N4O2S/c1-26-22(19-9-6-16-31-19)21(17-7-2-3-8-18(17)23(26)29)24(30)28-14-12-27(13-15-28)20-10-4-5-11-25-20/h2-11,16,21-22H,12-15H2,1H3/t21-,22+/m1/s1. The van der Waals surface area contributed by atoms with Crippen LogP contribution in [0.5, 0.6) is 0 Å². The van der Waals surface area contributed by atoms with Gasteiger partial charge in [0.25, 0.3) is 5.91 Å². The van der Waals surface area contributed by atoms with Gasteiger partial charge in [-0.2, -0.15) is 0 Å². The van der Waals surface area contributed by atoms with Gasteiger partial charge in [0.2, 0.25) is 5.91 Å². The molecule has 0 aliphatic carbocycles. The van der Waals surface area contributed by atoms with Crippen LogP contribution in [0.15, 0.2) is 66.2 Å². The molecule has 31 heavy (non-hydrogen) atoms. The topological polar surface area (TPSA) is 56.8 Å². The Bertz CT molecular complexity index is 1080. The monoisotopic (exact) mass is 432 g/mol. The van der Waals surface area contributed by atoms with E-state index in [9.17, 15) is 9.59 Å². The second-order valence-electron chi connectivity index (χ2n) is 7.94. The van der Waals surface area contributed by atoms with Gasteiger partial charge in [-0.3, -0.25) is 9.59 Å². The Balaban J connectivity index is 1.45. The zero-order valence-electron chi connectivity index (χ0n) is 17.3.